The van der Waals surface area contributed by atoms with Crippen LogP contribution in [0.4, 0.5) is 0 Å². The fourth-order valence-electron chi connectivity index (χ4n) is 2.92. The van der Waals surface area contributed by atoms with Gasteiger partial charge in [-0.25, -0.2) is 0 Å². The highest BCUT2D eigenvalue weighted by molar-refractivity contribution is 9.10. The molecule has 4 aromatic rings. The van der Waals surface area contributed by atoms with Crippen LogP contribution < -0.4 is 5.32 Å². The molecule has 0 unspecified atom stereocenters. The van der Waals surface area contributed by atoms with Gasteiger partial charge in [-0.15, -0.1) is 0 Å². The topological polar surface area (TPSA) is 73.0 Å². The summed E-state index contributed by atoms with van der Waals surface area (Å²) in [5.41, 5.74) is 2.89. The maximum Gasteiger partial charge on any atom is 0.270 e. The highest BCUT2D eigenvalue weighted by Gasteiger charge is 2.17. The van der Waals surface area contributed by atoms with Crippen LogP contribution >= 0.6 is 15.9 Å². The Balaban J connectivity index is 1.60. The Morgan fingerprint density at radius 3 is 2.96 bits per heavy atom. The van der Waals surface area contributed by atoms with Crippen LogP contribution in [0.25, 0.3) is 22.4 Å². The second kappa shape index (κ2) is 6.76. The van der Waals surface area contributed by atoms with Crippen molar-refractivity contribution in [1.82, 2.24) is 20.1 Å². The van der Waals surface area contributed by atoms with Gasteiger partial charge in [-0.05, 0) is 36.4 Å². The van der Waals surface area contributed by atoms with E-state index in [2.05, 4.69) is 31.3 Å². The largest absolute Gasteiger partial charge is 0.463 e. The number of carbonyl (C=O) groups is 1. The molecule has 130 valence electrons. The summed E-state index contributed by atoms with van der Waals surface area (Å²) in [7, 11) is 1.77. The Morgan fingerprint density at radius 2 is 2.15 bits per heavy atom. The Morgan fingerprint density at radius 1 is 1.27 bits per heavy atom. The summed E-state index contributed by atoms with van der Waals surface area (Å²) in [6.45, 7) is 0.339. The van der Waals surface area contributed by atoms with Crippen molar-refractivity contribution in [3.63, 3.8) is 0 Å². The van der Waals surface area contributed by atoms with Gasteiger partial charge in [0.25, 0.3) is 5.91 Å². The molecule has 1 N–H and O–H groups in total. The minimum absolute atomic E-state index is 0.188. The average Bonchev–Trinajstić information content (AvgIpc) is 3.26. The maximum atomic E-state index is 12.8. The molecule has 0 atom stereocenters. The van der Waals surface area contributed by atoms with E-state index in [1.165, 1.54) is 0 Å². The van der Waals surface area contributed by atoms with Gasteiger partial charge in [-0.1, -0.05) is 22.0 Å². The van der Waals surface area contributed by atoms with Crippen LogP contribution in [0.5, 0.6) is 0 Å². The van der Waals surface area contributed by atoms with Crippen molar-refractivity contribution in [1.29, 1.82) is 0 Å². The predicted molar refractivity (Wildman–Crippen MR) is 102 cm³/mol. The summed E-state index contributed by atoms with van der Waals surface area (Å²) in [5, 5.41) is 8.18. The van der Waals surface area contributed by atoms with Gasteiger partial charge in [0.2, 0.25) is 0 Å². The van der Waals surface area contributed by atoms with E-state index in [4.69, 9.17) is 4.42 Å². The van der Waals surface area contributed by atoms with Gasteiger partial charge in [0.05, 0.1) is 11.8 Å². The van der Waals surface area contributed by atoms with Crippen molar-refractivity contribution in [3.8, 4) is 11.5 Å². The van der Waals surface area contributed by atoms with Crippen LogP contribution in [0.15, 0.2) is 63.8 Å². The van der Waals surface area contributed by atoms with Crippen LogP contribution in [-0.2, 0) is 13.6 Å². The number of halogens is 1. The molecule has 1 amide bonds. The molecule has 0 fully saturated rings. The summed E-state index contributed by atoms with van der Waals surface area (Å²) in [4.78, 5) is 17.1. The fraction of sp³-hybridized carbons (Fsp3) is 0.105. The number of pyridine rings is 1. The van der Waals surface area contributed by atoms with E-state index in [9.17, 15) is 4.79 Å². The monoisotopic (exact) mass is 410 g/mol. The van der Waals surface area contributed by atoms with Crippen molar-refractivity contribution in [2.45, 2.75) is 6.54 Å². The maximum absolute atomic E-state index is 12.8. The zero-order chi connectivity index (χ0) is 18.1. The number of hydrogen-bond donors (Lipinski definition) is 1. The average molecular weight is 411 g/mol. The van der Waals surface area contributed by atoms with Crippen LogP contribution in [0.2, 0.25) is 0 Å². The van der Waals surface area contributed by atoms with Crippen LogP contribution in [-0.4, -0.2) is 20.7 Å². The van der Waals surface area contributed by atoms with Gasteiger partial charge in [0.1, 0.15) is 11.4 Å². The Hall–Kier alpha value is -2.93. The van der Waals surface area contributed by atoms with Crippen molar-refractivity contribution in [2.75, 3.05) is 0 Å². The first-order chi connectivity index (χ1) is 12.6. The lowest BCUT2D eigenvalue weighted by Gasteiger charge is -2.09. The number of nitrogens with one attached hydrogen (secondary N) is 1. The first-order valence-corrected chi connectivity index (χ1v) is 8.81. The summed E-state index contributed by atoms with van der Waals surface area (Å²) >= 11 is 3.43. The van der Waals surface area contributed by atoms with Crippen molar-refractivity contribution in [2.24, 2.45) is 7.05 Å². The molecular formula is C19H15BrN4O2. The van der Waals surface area contributed by atoms with Crippen LogP contribution in [0.3, 0.4) is 0 Å². The van der Waals surface area contributed by atoms with E-state index < -0.39 is 0 Å². The number of fused-ring (bicyclic) bond motifs is 1. The third-order valence-electron chi connectivity index (χ3n) is 4.10. The molecule has 0 aliphatic heterocycles. The quantitative estimate of drug-likeness (QED) is 0.553. The minimum atomic E-state index is -0.188. The number of furan rings is 1. The second-order valence-corrected chi connectivity index (χ2v) is 6.72. The SMILES string of the molecule is Cn1nc2cc(Br)ccc2c1C(=O)NCc1cccnc1-c1ccco1. The highest BCUT2D eigenvalue weighted by atomic mass is 79.9. The fourth-order valence-corrected chi connectivity index (χ4v) is 3.27. The van der Waals surface area contributed by atoms with Gasteiger partial charge in [0, 0.05) is 35.2 Å². The first kappa shape index (κ1) is 16.5. The molecule has 1 aromatic carbocycles. The number of benzene rings is 1. The molecular weight excluding hydrogens is 396 g/mol. The molecule has 0 saturated heterocycles. The first-order valence-electron chi connectivity index (χ1n) is 8.01. The van der Waals surface area contributed by atoms with Crippen molar-refractivity contribution in [3.05, 3.63) is 70.7 Å². The zero-order valence-corrected chi connectivity index (χ0v) is 15.5. The highest BCUT2D eigenvalue weighted by Crippen LogP contribution is 2.23. The molecule has 6 nitrogen and oxygen atoms in total. The van der Waals surface area contributed by atoms with Gasteiger partial charge >= 0.3 is 0 Å². The van der Waals surface area contributed by atoms with Crippen molar-refractivity contribution < 1.29 is 9.21 Å². The third kappa shape index (κ3) is 3.01. The smallest absolute Gasteiger partial charge is 0.270 e. The summed E-state index contributed by atoms with van der Waals surface area (Å²) < 4.78 is 7.96. The lowest BCUT2D eigenvalue weighted by atomic mass is 10.1. The Kier molecular flexibility index (Phi) is 4.30. The molecule has 26 heavy (non-hydrogen) atoms. The molecule has 3 heterocycles. The number of carbonyl (C=O) groups excluding carboxylic acids is 1. The minimum Gasteiger partial charge on any atom is -0.463 e. The van der Waals surface area contributed by atoms with E-state index in [0.717, 1.165) is 26.6 Å². The number of aromatic nitrogens is 3. The number of rotatable bonds is 4. The van der Waals surface area contributed by atoms with Crippen LogP contribution in [0.1, 0.15) is 16.1 Å². The van der Waals surface area contributed by atoms with Gasteiger partial charge in [-0.2, -0.15) is 5.10 Å². The van der Waals surface area contributed by atoms with E-state index in [1.54, 1.807) is 24.2 Å². The molecule has 0 bridgehead atoms. The molecule has 0 spiro atoms. The Labute approximate surface area is 158 Å². The lowest BCUT2D eigenvalue weighted by molar-refractivity contribution is 0.0943. The molecule has 0 aliphatic carbocycles. The number of amides is 1. The molecule has 0 saturated carbocycles. The summed E-state index contributed by atoms with van der Waals surface area (Å²) in [6.07, 6.45) is 3.31. The lowest BCUT2D eigenvalue weighted by Crippen LogP contribution is -2.25. The van der Waals surface area contributed by atoms with E-state index >= 15 is 0 Å². The normalized spacial score (nSPS) is 11.0. The van der Waals surface area contributed by atoms with Crippen LogP contribution in [0, 0.1) is 0 Å². The number of nitrogens with zero attached hydrogens (tertiary/aromatic N) is 3. The van der Waals surface area contributed by atoms with Gasteiger partial charge in [0.15, 0.2) is 5.76 Å². The standard InChI is InChI=1S/C19H15BrN4O2/c1-24-18(14-7-6-13(20)10-15(14)23-24)19(25)22-11-12-4-2-8-21-17(12)16-5-3-9-26-16/h2-10H,11H2,1H3,(H,22,25). The van der Waals surface area contributed by atoms with Gasteiger partial charge < -0.3 is 9.73 Å². The molecule has 0 radical (unpaired) electrons. The number of hydrogen-bond acceptors (Lipinski definition) is 4. The predicted octanol–water partition coefficient (Wildman–Crippen LogP) is 3.92. The van der Waals surface area contributed by atoms with Crippen molar-refractivity contribution >= 4 is 32.7 Å². The third-order valence-corrected chi connectivity index (χ3v) is 4.59. The zero-order valence-electron chi connectivity index (χ0n) is 13.9. The molecule has 3 aromatic heterocycles. The number of aryl methyl sites for hydroxylation is 1. The van der Waals surface area contributed by atoms with E-state index in [1.807, 2.05) is 42.5 Å². The molecule has 0 aliphatic rings. The van der Waals surface area contributed by atoms with Gasteiger partial charge in [-0.3, -0.25) is 14.5 Å². The van der Waals surface area contributed by atoms with E-state index in [-0.39, 0.29) is 5.91 Å². The molecule has 4 rings (SSSR count). The molecule has 7 heteroatoms. The second-order valence-electron chi connectivity index (χ2n) is 5.80. The summed E-state index contributed by atoms with van der Waals surface area (Å²) in [5.74, 6) is 0.484. The van der Waals surface area contributed by atoms with E-state index in [0.29, 0.717) is 18.0 Å². The summed E-state index contributed by atoms with van der Waals surface area (Å²) in [6, 6.07) is 13.1. The Bertz CT molecular complexity index is 1090.